The molecule has 5 rings (SSSR count). The predicted molar refractivity (Wildman–Crippen MR) is 143 cm³/mol. The van der Waals surface area contributed by atoms with Crippen LogP contribution >= 0.6 is 0 Å². The molecule has 0 unspecified atom stereocenters. The van der Waals surface area contributed by atoms with Crippen LogP contribution in [-0.4, -0.2) is 23.4 Å². The monoisotopic (exact) mass is 456 g/mol. The molecule has 1 aliphatic rings. The predicted octanol–water partition coefficient (Wildman–Crippen LogP) is 6.54. The van der Waals surface area contributed by atoms with Crippen molar-refractivity contribution in [3.8, 4) is 0 Å². The lowest BCUT2D eigenvalue weighted by Gasteiger charge is -2.22. The number of aryl methyl sites for hydroxylation is 2. The van der Waals surface area contributed by atoms with Crippen LogP contribution in [0.15, 0.2) is 124 Å². The second kappa shape index (κ2) is 9.69. The van der Waals surface area contributed by atoms with E-state index < -0.39 is 0 Å². The summed E-state index contributed by atoms with van der Waals surface area (Å²) in [6.45, 7) is 4.05. The van der Waals surface area contributed by atoms with Gasteiger partial charge in [0.25, 0.3) is 5.91 Å². The third kappa shape index (κ3) is 4.84. The minimum absolute atomic E-state index is 0.200. The molecule has 0 aromatic heterocycles. The number of amides is 1. The fourth-order valence-electron chi connectivity index (χ4n) is 3.75. The summed E-state index contributed by atoms with van der Waals surface area (Å²) in [4.78, 5) is 29.8. The lowest BCUT2D eigenvalue weighted by molar-refractivity contribution is 0.100. The van der Waals surface area contributed by atoms with Gasteiger partial charge in [-0.25, -0.2) is 15.0 Å². The Morgan fingerprint density at radius 2 is 1.26 bits per heavy atom. The molecule has 4 aromatic carbocycles. The first-order valence-electron chi connectivity index (χ1n) is 11.4. The highest BCUT2D eigenvalue weighted by Crippen LogP contribution is 2.24. The topological polar surface area (TPSA) is 57.4 Å². The van der Waals surface area contributed by atoms with E-state index in [2.05, 4.69) is 0 Å². The van der Waals surface area contributed by atoms with Crippen LogP contribution in [0.5, 0.6) is 0 Å². The van der Waals surface area contributed by atoms with Crippen LogP contribution in [0.2, 0.25) is 0 Å². The first-order valence-corrected chi connectivity index (χ1v) is 11.4. The molecular weight excluding hydrogens is 432 g/mol. The third-order valence-corrected chi connectivity index (χ3v) is 5.65. The molecule has 0 saturated heterocycles. The molecule has 35 heavy (non-hydrogen) atoms. The average Bonchev–Trinajstić information content (AvgIpc) is 3.31. The van der Waals surface area contributed by atoms with E-state index in [-0.39, 0.29) is 5.91 Å². The van der Waals surface area contributed by atoms with E-state index in [9.17, 15) is 4.79 Å². The summed E-state index contributed by atoms with van der Waals surface area (Å²) in [7, 11) is 0. The molecule has 0 fully saturated rings. The zero-order valence-corrected chi connectivity index (χ0v) is 19.6. The summed E-state index contributed by atoms with van der Waals surface area (Å²) >= 11 is 0. The number of carbonyl (C=O) groups excluding carboxylic acids is 1. The van der Waals surface area contributed by atoms with Gasteiger partial charge in [0.05, 0.1) is 11.4 Å². The van der Waals surface area contributed by atoms with Gasteiger partial charge in [-0.2, -0.15) is 0 Å². The van der Waals surface area contributed by atoms with Crippen molar-refractivity contribution in [3.05, 3.63) is 131 Å². The van der Waals surface area contributed by atoms with Gasteiger partial charge in [0.2, 0.25) is 0 Å². The number of nitrogens with zero attached hydrogens (tertiary/aromatic N) is 4. The second-order valence-corrected chi connectivity index (χ2v) is 8.35. The average molecular weight is 457 g/mol. The summed E-state index contributed by atoms with van der Waals surface area (Å²) in [5, 5.41) is 0. The minimum atomic E-state index is -0.200. The van der Waals surface area contributed by atoms with Gasteiger partial charge >= 0.3 is 0 Å². The van der Waals surface area contributed by atoms with Crippen LogP contribution in [0.25, 0.3) is 0 Å². The molecule has 5 heteroatoms. The van der Waals surface area contributed by atoms with Crippen LogP contribution in [0.1, 0.15) is 27.0 Å². The number of benzene rings is 4. The Labute approximate surface area is 204 Å². The molecule has 5 nitrogen and oxygen atoms in total. The zero-order valence-electron chi connectivity index (χ0n) is 19.6. The normalized spacial score (nSPS) is 13.9. The Balaban J connectivity index is 1.67. The van der Waals surface area contributed by atoms with Crippen LogP contribution in [0.3, 0.4) is 0 Å². The highest BCUT2D eigenvalue weighted by Gasteiger charge is 2.31. The Kier molecular flexibility index (Phi) is 6.14. The van der Waals surface area contributed by atoms with Crippen molar-refractivity contribution >= 4 is 34.8 Å². The Hall–Kier alpha value is -4.64. The van der Waals surface area contributed by atoms with Gasteiger partial charge in [-0.3, -0.25) is 9.69 Å². The molecule has 1 aliphatic heterocycles. The van der Waals surface area contributed by atoms with Crippen molar-refractivity contribution in [1.29, 1.82) is 0 Å². The lowest BCUT2D eigenvalue weighted by Crippen LogP contribution is -2.40. The number of carbonyl (C=O) groups is 1. The van der Waals surface area contributed by atoms with E-state index in [1.54, 1.807) is 17.0 Å². The van der Waals surface area contributed by atoms with Gasteiger partial charge in [0.15, 0.2) is 17.5 Å². The highest BCUT2D eigenvalue weighted by molar-refractivity contribution is 6.56. The summed E-state index contributed by atoms with van der Waals surface area (Å²) in [5.74, 6) is 1.10. The molecule has 0 N–H and O–H groups in total. The van der Waals surface area contributed by atoms with Crippen molar-refractivity contribution in [3.63, 3.8) is 0 Å². The third-order valence-electron chi connectivity index (χ3n) is 5.65. The molecule has 0 radical (unpaired) electrons. The van der Waals surface area contributed by atoms with Crippen LogP contribution in [0, 0.1) is 13.8 Å². The summed E-state index contributed by atoms with van der Waals surface area (Å²) in [6, 6.07) is 34.6. The van der Waals surface area contributed by atoms with Gasteiger partial charge < -0.3 is 0 Å². The molecule has 170 valence electrons. The Bertz CT molecular complexity index is 1440. The number of rotatable bonds is 4. The van der Waals surface area contributed by atoms with Gasteiger partial charge in [-0.15, -0.1) is 0 Å². The molecular formula is C30H24N4O. The number of amidine groups is 3. The standard InChI is InChI=1S/C30H24N4O/c1-21-13-17-25(18-14-21)31-28-29(33-27(32-28)23-9-5-3-6-10-23)34(26-19-15-22(2)16-20-26)30(35)24-11-7-4-8-12-24/h3-20H,1-2H3. The van der Waals surface area contributed by atoms with Crippen molar-refractivity contribution in [2.24, 2.45) is 15.0 Å². The van der Waals surface area contributed by atoms with Gasteiger partial charge in [-0.1, -0.05) is 83.9 Å². The van der Waals surface area contributed by atoms with E-state index in [1.807, 2.05) is 111 Å². The van der Waals surface area contributed by atoms with Crippen LogP contribution in [-0.2, 0) is 0 Å². The van der Waals surface area contributed by atoms with Crippen molar-refractivity contribution in [2.75, 3.05) is 4.90 Å². The molecule has 0 atom stereocenters. The van der Waals surface area contributed by atoms with E-state index in [1.165, 1.54) is 0 Å². The van der Waals surface area contributed by atoms with E-state index in [0.717, 1.165) is 22.4 Å². The van der Waals surface area contributed by atoms with E-state index >= 15 is 0 Å². The van der Waals surface area contributed by atoms with Gasteiger partial charge in [-0.05, 0) is 50.2 Å². The molecule has 4 aromatic rings. The van der Waals surface area contributed by atoms with Gasteiger partial charge in [0, 0.05) is 11.1 Å². The number of anilines is 1. The van der Waals surface area contributed by atoms with Gasteiger partial charge in [0.1, 0.15) is 0 Å². The summed E-state index contributed by atoms with van der Waals surface area (Å²) in [6.07, 6.45) is 0. The van der Waals surface area contributed by atoms with Crippen LogP contribution < -0.4 is 4.90 Å². The Morgan fingerprint density at radius 3 is 1.89 bits per heavy atom. The zero-order chi connectivity index (χ0) is 24.2. The molecule has 1 amide bonds. The maximum atomic E-state index is 13.8. The van der Waals surface area contributed by atoms with Crippen molar-refractivity contribution < 1.29 is 4.79 Å². The SMILES string of the molecule is Cc1ccc(N=C2N=C(c3ccccc3)N=C2N(C(=O)c2ccccc2)c2ccc(C)cc2)cc1. The lowest BCUT2D eigenvalue weighted by atomic mass is 10.1. The Morgan fingerprint density at radius 1 is 0.686 bits per heavy atom. The largest absolute Gasteiger partial charge is 0.268 e. The smallest absolute Gasteiger partial charge is 0.264 e. The van der Waals surface area contributed by atoms with Crippen molar-refractivity contribution in [1.82, 2.24) is 0 Å². The minimum Gasteiger partial charge on any atom is -0.268 e. The molecule has 1 heterocycles. The fourth-order valence-corrected chi connectivity index (χ4v) is 3.75. The quantitative estimate of drug-likeness (QED) is 0.344. The molecule has 0 aliphatic carbocycles. The second-order valence-electron chi connectivity index (χ2n) is 8.35. The maximum Gasteiger partial charge on any atom is 0.264 e. The summed E-state index contributed by atoms with van der Waals surface area (Å²) in [5.41, 5.74) is 5.10. The van der Waals surface area contributed by atoms with E-state index in [4.69, 9.17) is 15.0 Å². The van der Waals surface area contributed by atoms with Crippen LogP contribution in [0.4, 0.5) is 11.4 Å². The highest BCUT2D eigenvalue weighted by atomic mass is 16.2. The first kappa shape index (κ1) is 22.2. The molecule has 0 bridgehead atoms. The van der Waals surface area contributed by atoms with Crippen molar-refractivity contribution in [2.45, 2.75) is 13.8 Å². The molecule has 0 saturated carbocycles. The number of hydrogen-bond acceptors (Lipinski definition) is 3. The first-order chi connectivity index (χ1) is 17.1. The number of aliphatic imine (C=N–C) groups is 3. The maximum absolute atomic E-state index is 13.8. The molecule has 0 spiro atoms. The van der Waals surface area contributed by atoms with E-state index in [0.29, 0.717) is 28.8 Å². The number of hydrogen-bond donors (Lipinski definition) is 0. The summed E-state index contributed by atoms with van der Waals surface area (Å²) < 4.78 is 0. The fraction of sp³-hybridized carbons (Fsp3) is 0.0667.